The number of carbonyl (C=O) groups excluding carboxylic acids is 1. The zero-order valence-electron chi connectivity index (χ0n) is 8.96. The van der Waals surface area contributed by atoms with Crippen molar-refractivity contribution in [2.24, 2.45) is 0 Å². The first-order valence-corrected chi connectivity index (χ1v) is 4.58. The molecule has 0 aliphatic heterocycles. The minimum absolute atomic E-state index is 0.0452. The van der Waals surface area contributed by atoms with Gasteiger partial charge in [-0.15, -0.1) is 0 Å². The molecule has 0 bridgehead atoms. The highest BCUT2D eigenvalue weighted by molar-refractivity contribution is 5.77. The van der Waals surface area contributed by atoms with Crippen LogP contribution in [0, 0.1) is 0 Å². The van der Waals surface area contributed by atoms with Gasteiger partial charge in [-0.25, -0.2) is 0 Å². The van der Waals surface area contributed by atoms with Crippen LogP contribution < -0.4 is 5.32 Å². The van der Waals surface area contributed by atoms with E-state index in [4.69, 9.17) is 4.74 Å². The normalized spacial score (nSPS) is 13.0. The predicted octanol–water partition coefficient (Wildman–Crippen LogP) is 0.0892. The van der Waals surface area contributed by atoms with Crippen molar-refractivity contribution >= 4 is 5.91 Å². The first kappa shape index (κ1) is 12.4. The molecule has 78 valence electrons. The summed E-state index contributed by atoms with van der Waals surface area (Å²) in [6, 6.07) is 0.169. The van der Waals surface area contributed by atoms with E-state index in [-0.39, 0.29) is 18.6 Å². The lowest BCUT2D eigenvalue weighted by molar-refractivity contribution is -0.126. The van der Waals surface area contributed by atoms with Crippen LogP contribution in [0.25, 0.3) is 0 Å². The van der Waals surface area contributed by atoms with E-state index in [9.17, 15) is 4.79 Å². The van der Waals surface area contributed by atoms with E-state index in [1.54, 1.807) is 0 Å². The summed E-state index contributed by atoms with van der Waals surface area (Å²) in [5, 5.41) is 2.84. The molecule has 4 nitrogen and oxygen atoms in total. The molecule has 4 heteroatoms. The summed E-state index contributed by atoms with van der Waals surface area (Å²) in [5.74, 6) is -0.0452. The fraction of sp³-hybridized carbons (Fsp3) is 0.889. The summed E-state index contributed by atoms with van der Waals surface area (Å²) in [6.07, 6.45) is 0. The highest BCUT2D eigenvalue weighted by atomic mass is 16.5. The molecule has 0 heterocycles. The number of nitrogens with one attached hydrogen (secondary N) is 1. The quantitative estimate of drug-likeness (QED) is 0.642. The Morgan fingerprint density at radius 3 is 2.62 bits per heavy atom. The smallest absolute Gasteiger partial charge is 0.246 e. The predicted molar refractivity (Wildman–Crippen MR) is 52.7 cm³/mol. The molecule has 1 unspecified atom stereocenters. The summed E-state index contributed by atoms with van der Waals surface area (Å²) in [6.45, 7) is 5.43. The number of carbonyl (C=O) groups is 1. The van der Waals surface area contributed by atoms with Gasteiger partial charge in [0.2, 0.25) is 5.91 Å². The SMILES string of the molecule is CCOCC(=O)NC(C)CN(C)C. The van der Waals surface area contributed by atoms with Gasteiger partial charge in [0, 0.05) is 19.2 Å². The molecule has 0 aliphatic rings. The molecule has 0 aliphatic carbocycles. The fourth-order valence-electron chi connectivity index (χ4n) is 1.10. The molecule has 0 saturated heterocycles. The van der Waals surface area contributed by atoms with Crippen molar-refractivity contribution in [2.45, 2.75) is 19.9 Å². The van der Waals surface area contributed by atoms with E-state index in [0.29, 0.717) is 6.61 Å². The first-order valence-electron chi connectivity index (χ1n) is 4.58. The van der Waals surface area contributed by atoms with E-state index in [0.717, 1.165) is 6.54 Å². The number of rotatable bonds is 6. The number of likely N-dealkylation sites (N-methyl/N-ethyl adjacent to an activating group) is 1. The molecular weight excluding hydrogens is 168 g/mol. The maximum absolute atomic E-state index is 11.1. The maximum Gasteiger partial charge on any atom is 0.246 e. The van der Waals surface area contributed by atoms with Gasteiger partial charge in [0.15, 0.2) is 0 Å². The first-order chi connectivity index (χ1) is 6.06. The zero-order valence-corrected chi connectivity index (χ0v) is 8.96. The molecule has 13 heavy (non-hydrogen) atoms. The van der Waals surface area contributed by atoms with Gasteiger partial charge >= 0.3 is 0 Å². The average Bonchev–Trinajstić information content (AvgIpc) is 1.98. The Labute approximate surface area is 80.2 Å². The molecule has 0 radical (unpaired) electrons. The summed E-state index contributed by atoms with van der Waals surface area (Å²) >= 11 is 0. The minimum Gasteiger partial charge on any atom is -0.372 e. The van der Waals surface area contributed by atoms with Crippen LogP contribution in [0.3, 0.4) is 0 Å². The lowest BCUT2D eigenvalue weighted by Crippen LogP contribution is -2.41. The summed E-state index contributed by atoms with van der Waals surface area (Å²) in [5.41, 5.74) is 0. The second-order valence-electron chi connectivity index (χ2n) is 3.37. The highest BCUT2D eigenvalue weighted by Gasteiger charge is 2.07. The van der Waals surface area contributed by atoms with Crippen molar-refractivity contribution in [3.8, 4) is 0 Å². The van der Waals surface area contributed by atoms with Crippen molar-refractivity contribution in [3.63, 3.8) is 0 Å². The second-order valence-corrected chi connectivity index (χ2v) is 3.37. The molecule has 0 spiro atoms. The van der Waals surface area contributed by atoms with Gasteiger partial charge in [-0.05, 0) is 27.9 Å². The molecule has 0 aromatic carbocycles. The summed E-state index contributed by atoms with van der Waals surface area (Å²) in [7, 11) is 3.95. The van der Waals surface area contributed by atoms with Crippen LogP contribution in [-0.2, 0) is 9.53 Å². The third-order valence-corrected chi connectivity index (χ3v) is 1.48. The number of nitrogens with zero attached hydrogens (tertiary/aromatic N) is 1. The van der Waals surface area contributed by atoms with Crippen molar-refractivity contribution in [3.05, 3.63) is 0 Å². The van der Waals surface area contributed by atoms with Crippen LogP contribution in [0.4, 0.5) is 0 Å². The third-order valence-electron chi connectivity index (χ3n) is 1.48. The number of hydrogen-bond donors (Lipinski definition) is 1. The minimum atomic E-state index is -0.0452. The van der Waals surface area contributed by atoms with Crippen molar-refractivity contribution in [2.75, 3.05) is 33.9 Å². The average molecular weight is 188 g/mol. The van der Waals surface area contributed by atoms with E-state index < -0.39 is 0 Å². The van der Waals surface area contributed by atoms with Gasteiger partial charge in [-0.1, -0.05) is 0 Å². The summed E-state index contributed by atoms with van der Waals surface area (Å²) in [4.78, 5) is 13.2. The molecule has 1 atom stereocenters. The lowest BCUT2D eigenvalue weighted by Gasteiger charge is -2.18. The Hall–Kier alpha value is -0.610. The maximum atomic E-state index is 11.1. The van der Waals surface area contributed by atoms with Crippen LogP contribution in [0.5, 0.6) is 0 Å². The Bertz CT molecular complexity index is 149. The number of ether oxygens (including phenoxy) is 1. The Morgan fingerprint density at radius 2 is 2.15 bits per heavy atom. The molecule has 0 fully saturated rings. The van der Waals surface area contributed by atoms with Crippen LogP contribution in [0.15, 0.2) is 0 Å². The van der Waals surface area contributed by atoms with Crippen LogP contribution in [-0.4, -0.2) is 50.7 Å². The van der Waals surface area contributed by atoms with Gasteiger partial charge in [-0.3, -0.25) is 4.79 Å². The Kier molecular flexibility index (Phi) is 6.54. The van der Waals surface area contributed by atoms with E-state index >= 15 is 0 Å². The lowest BCUT2D eigenvalue weighted by atomic mass is 10.3. The third kappa shape index (κ3) is 7.74. The molecule has 1 amide bonds. The van der Waals surface area contributed by atoms with Gasteiger partial charge < -0.3 is 15.0 Å². The zero-order chi connectivity index (χ0) is 10.3. The Morgan fingerprint density at radius 1 is 1.54 bits per heavy atom. The van der Waals surface area contributed by atoms with Gasteiger partial charge in [0.1, 0.15) is 6.61 Å². The second kappa shape index (κ2) is 6.86. The van der Waals surface area contributed by atoms with Crippen LogP contribution in [0.1, 0.15) is 13.8 Å². The van der Waals surface area contributed by atoms with Gasteiger partial charge in [0.05, 0.1) is 0 Å². The topological polar surface area (TPSA) is 41.6 Å². The number of hydrogen-bond acceptors (Lipinski definition) is 3. The highest BCUT2D eigenvalue weighted by Crippen LogP contribution is 1.85. The standard InChI is InChI=1S/C9H20N2O2/c1-5-13-7-9(12)10-8(2)6-11(3)4/h8H,5-7H2,1-4H3,(H,10,12). The van der Waals surface area contributed by atoms with Crippen molar-refractivity contribution in [1.82, 2.24) is 10.2 Å². The summed E-state index contributed by atoms with van der Waals surface area (Å²) < 4.78 is 4.98. The number of amides is 1. The Balaban J connectivity index is 3.53. The molecule has 0 aromatic heterocycles. The fourth-order valence-corrected chi connectivity index (χ4v) is 1.10. The van der Waals surface area contributed by atoms with Crippen LogP contribution in [0.2, 0.25) is 0 Å². The molecule has 0 rings (SSSR count). The molecular formula is C9H20N2O2. The molecule has 0 aromatic rings. The van der Waals surface area contributed by atoms with Crippen LogP contribution >= 0.6 is 0 Å². The van der Waals surface area contributed by atoms with Crippen molar-refractivity contribution in [1.29, 1.82) is 0 Å². The van der Waals surface area contributed by atoms with E-state index in [2.05, 4.69) is 5.32 Å². The van der Waals surface area contributed by atoms with E-state index in [1.165, 1.54) is 0 Å². The van der Waals surface area contributed by atoms with Gasteiger partial charge in [-0.2, -0.15) is 0 Å². The van der Waals surface area contributed by atoms with Crippen molar-refractivity contribution < 1.29 is 9.53 Å². The molecule has 1 N–H and O–H groups in total. The monoisotopic (exact) mass is 188 g/mol. The largest absolute Gasteiger partial charge is 0.372 e. The molecule has 0 saturated carbocycles. The van der Waals surface area contributed by atoms with E-state index in [1.807, 2.05) is 32.8 Å². The van der Waals surface area contributed by atoms with Gasteiger partial charge in [0.25, 0.3) is 0 Å².